The molecule has 0 aliphatic carbocycles. The zero-order chi connectivity index (χ0) is 22.6. The third-order valence-corrected chi connectivity index (χ3v) is 6.32. The Morgan fingerprint density at radius 2 is 1.87 bits per heavy atom. The van der Waals surface area contributed by atoms with Crippen LogP contribution in [0.25, 0.3) is 0 Å². The van der Waals surface area contributed by atoms with Crippen LogP contribution in [0.2, 0.25) is 0 Å². The summed E-state index contributed by atoms with van der Waals surface area (Å²) in [5.74, 6) is 1.33. The minimum Gasteiger partial charge on any atom is -0.491 e. The number of hydrogen-bond acceptors (Lipinski definition) is 6. The van der Waals surface area contributed by atoms with E-state index in [0.29, 0.717) is 30.4 Å². The van der Waals surface area contributed by atoms with E-state index in [-0.39, 0.29) is 13.2 Å². The van der Waals surface area contributed by atoms with E-state index in [4.69, 9.17) is 14.2 Å². The third kappa shape index (κ3) is 5.41. The van der Waals surface area contributed by atoms with Crippen LogP contribution < -0.4 is 23.8 Å². The monoisotopic (exact) mass is 448 g/mol. The van der Waals surface area contributed by atoms with Crippen molar-refractivity contribution in [3.05, 3.63) is 47.5 Å². The summed E-state index contributed by atoms with van der Waals surface area (Å²) < 4.78 is 42.8. The molecule has 2 aromatic rings. The Kier molecular flexibility index (Phi) is 6.94. The highest BCUT2D eigenvalue weighted by Gasteiger charge is 2.30. The Morgan fingerprint density at radius 1 is 1.16 bits per heavy atom. The lowest BCUT2D eigenvalue weighted by Gasteiger charge is -2.29. The van der Waals surface area contributed by atoms with E-state index < -0.39 is 22.0 Å². The van der Waals surface area contributed by atoms with Gasteiger partial charge >= 0.3 is 0 Å². The molecule has 1 amide bonds. The Morgan fingerprint density at radius 3 is 2.58 bits per heavy atom. The fraction of sp³-hybridized carbons (Fsp3) is 0.409. The highest BCUT2D eigenvalue weighted by Crippen LogP contribution is 2.35. The number of benzene rings is 2. The fourth-order valence-electron chi connectivity index (χ4n) is 3.34. The van der Waals surface area contributed by atoms with Crippen LogP contribution in [0.1, 0.15) is 18.1 Å². The SMILES string of the molecule is Cc1cccc(OCCNC(=O)[C@H](C)N(c2ccc3c(c2)OCCO3)S(C)(=O)=O)c1C. The summed E-state index contributed by atoms with van der Waals surface area (Å²) in [5, 5.41) is 2.75. The van der Waals surface area contributed by atoms with Crippen LogP contribution in [0, 0.1) is 13.8 Å². The number of ether oxygens (including phenoxy) is 3. The van der Waals surface area contributed by atoms with Gasteiger partial charge in [0.25, 0.3) is 0 Å². The highest BCUT2D eigenvalue weighted by molar-refractivity contribution is 7.92. The molecule has 0 unspecified atom stereocenters. The van der Waals surface area contributed by atoms with Crippen LogP contribution in [-0.4, -0.2) is 53.0 Å². The zero-order valence-corrected chi connectivity index (χ0v) is 19.0. The Balaban J connectivity index is 1.65. The van der Waals surface area contributed by atoms with Gasteiger partial charge in [0.05, 0.1) is 18.5 Å². The fourth-order valence-corrected chi connectivity index (χ4v) is 4.51. The van der Waals surface area contributed by atoms with Crippen molar-refractivity contribution < 1.29 is 27.4 Å². The number of fused-ring (bicyclic) bond motifs is 1. The molecular formula is C22H28N2O6S. The van der Waals surface area contributed by atoms with Gasteiger partial charge in [-0.3, -0.25) is 9.10 Å². The molecule has 0 saturated carbocycles. The molecule has 2 aromatic carbocycles. The van der Waals surface area contributed by atoms with Gasteiger partial charge in [-0.15, -0.1) is 0 Å². The standard InChI is InChI=1S/C22H28N2O6S/c1-15-6-5-7-19(16(15)2)28-11-10-23-22(25)17(3)24(31(4,26)27)18-8-9-20-21(14-18)30-13-12-29-20/h5-9,14,17H,10-13H2,1-4H3,(H,23,25)/t17-/m0/s1. The molecule has 1 atom stereocenters. The van der Waals surface area contributed by atoms with E-state index in [0.717, 1.165) is 27.4 Å². The molecule has 0 radical (unpaired) electrons. The van der Waals surface area contributed by atoms with Crippen molar-refractivity contribution in [2.45, 2.75) is 26.8 Å². The number of hydrogen-bond donors (Lipinski definition) is 1. The van der Waals surface area contributed by atoms with E-state index in [1.165, 1.54) is 0 Å². The van der Waals surface area contributed by atoms with Gasteiger partial charge in [0, 0.05) is 6.07 Å². The molecule has 31 heavy (non-hydrogen) atoms. The van der Waals surface area contributed by atoms with Crippen molar-refractivity contribution in [1.82, 2.24) is 5.32 Å². The molecule has 1 N–H and O–H groups in total. The molecule has 1 aliphatic heterocycles. The number of amides is 1. The lowest BCUT2D eigenvalue weighted by atomic mass is 10.1. The smallest absolute Gasteiger partial charge is 0.243 e. The maximum atomic E-state index is 12.7. The molecular weight excluding hydrogens is 420 g/mol. The summed E-state index contributed by atoms with van der Waals surface area (Å²) in [6.07, 6.45) is 1.07. The zero-order valence-electron chi connectivity index (χ0n) is 18.2. The second-order valence-corrected chi connectivity index (χ2v) is 9.26. The first-order valence-electron chi connectivity index (χ1n) is 10.0. The van der Waals surface area contributed by atoms with Crippen molar-refractivity contribution >= 4 is 21.6 Å². The van der Waals surface area contributed by atoms with E-state index in [9.17, 15) is 13.2 Å². The lowest BCUT2D eigenvalue weighted by molar-refractivity contribution is -0.121. The first-order chi connectivity index (χ1) is 14.7. The Hall–Kier alpha value is -2.94. The number of nitrogens with one attached hydrogen (secondary N) is 1. The highest BCUT2D eigenvalue weighted by atomic mass is 32.2. The van der Waals surface area contributed by atoms with Gasteiger partial charge < -0.3 is 19.5 Å². The summed E-state index contributed by atoms with van der Waals surface area (Å²) >= 11 is 0. The second kappa shape index (κ2) is 9.47. The molecule has 9 heteroatoms. The van der Waals surface area contributed by atoms with Crippen molar-refractivity contribution in [3.63, 3.8) is 0 Å². The number of aryl methyl sites for hydroxylation is 1. The number of carbonyl (C=O) groups is 1. The summed E-state index contributed by atoms with van der Waals surface area (Å²) in [7, 11) is -3.73. The molecule has 168 valence electrons. The van der Waals surface area contributed by atoms with E-state index in [1.54, 1.807) is 25.1 Å². The number of anilines is 1. The van der Waals surface area contributed by atoms with Crippen LogP contribution in [-0.2, 0) is 14.8 Å². The molecule has 8 nitrogen and oxygen atoms in total. The largest absolute Gasteiger partial charge is 0.491 e. The lowest BCUT2D eigenvalue weighted by Crippen LogP contribution is -2.48. The average molecular weight is 449 g/mol. The Labute approximate surface area is 183 Å². The van der Waals surface area contributed by atoms with Crippen LogP contribution in [0.15, 0.2) is 36.4 Å². The summed E-state index contributed by atoms with van der Waals surface area (Å²) in [5.41, 5.74) is 2.50. The van der Waals surface area contributed by atoms with Gasteiger partial charge in [0.15, 0.2) is 11.5 Å². The molecule has 0 aromatic heterocycles. The molecule has 3 rings (SSSR count). The van der Waals surface area contributed by atoms with Crippen molar-refractivity contribution in [2.75, 3.05) is 36.9 Å². The normalized spacial score (nSPS) is 13.9. The first kappa shape index (κ1) is 22.7. The average Bonchev–Trinajstić information content (AvgIpc) is 2.72. The van der Waals surface area contributed by atoms with E-state index in [2.05, 4.69) is 5.32 Å². The third-order valence-electron chi connectivity index (χ3n) is 5.08. The van der Waals surface area contributed by atoms with Gasteiger partial charge in [0.2, 0.25) is 15.9 Å². The van der Waals surface area contributed by atoms with E-state index >= 15 is 0 Å². The Bertz CT molecular complexity index is 1050. The maximum absolute atomic E-state index is 12.7. The van der Waals surface area contributed by atoms with Crippen LogP contribution in [0.5, 0.6) is 17.2 Å². The van der Waals surface area contributed by atoms with Crippen LogP contribution in [0.4, 0.5) is 5.69 Å². The minimum atomic E-state index is -3.73. The number of rotatable bonds is 8. The topological polar surface area (TPSA) is 94.2 Å². The predicted molar refractivity (Wildman–Crippen MR) is 119 cm³/mol. The first-order valence-corrected chi connectivity index (χ1v) is 11.9. The molecule has 0 saturated heterocycles. The van der Waals surface area contributed by atoms with Crippen molar-refractivity contribution in [2.24, 2.45) is 0 Å². The second-order valence-electron chi connectivity index (χ2n) is 7.40. The van der Waals surface area contributed by atoms with Crippen LogP contribution >= 0.6 is 0 Å². The molecule has 0 spiro atoms. The maximum Gasteiger partial charge on any atom is 0.243 e. The van der Waals surface area contributed by atoms with Gasteiger partial charge in [-0.1, -0.05) is 12.1 Å². The number of carbonyl (C=O) groups excluding carboxylic acids is 1. The molecule has 0 bridgehead atoms. The van der Waals surface area contributed by atoms with Crippen LogP contribution in [0.3, 0.4) is 0 Å². The number of nitrogens with zero attached hydrogens (tertiary/aromatic N) is 1. The summed E-state index contributed by atoms with van der Waals surface area (Å²) in [6.45, 7) is 6.85. The summed E-state index contributed by atoms with van der Waals surface area (Å²) in [6, 6.07) is 9.65. The van der Waals surface area contributed by atoms with Gasteiger partial charge in [-0.2, -0.15) is 0 Å². The minimum absolute atomic E-state index is 0.245. The van der Waals surface area contributed by atoms with Crippen molar-refractivity contribution in [3.8, 4) is 17.2 Å². The van der Waals surface area contributed by atoms with Crippen molar-refractivity contribution in [1.29, 1.82) is 0 Å². The molecule has 0 fully saturated rings. The molecule has 1 aliphatic rings. The van der Waals surface area contributed by atoms with Gasteiger partial charge in [-0.25, -0.2) is 8.42 Å². The van der Waals surface area contributed by atoms with E-state index in [1.807, 2.05) is 32.0 Å². The molecule has 1 heterocycles. The number of sulfonamides is 1. The van der Waals surface area contributed by atoms with Gasteiger partial charge in [-0.05, 0) is 50.1 Å². The summed E-state index contributed by atoms with van der Waals surface area (Å²) in [4.78, 5) is 12.7. The quantitative estimate of drug-likeness (QED) is 0.624. The predicted octanol–water partition coefficient (Wildman–Crippen LogP) is 2.42. The van der Waals surface area contributed by atoms with Gasteiger partial charge in [0.1, 0.15) is 31.6 Å².